The van der Waals surface area contributed by atoms with E-state index < -0.39 is 18.4 Å². The first kappa shape index (κ1) is 18.5. The van der Waals surface area contributed by atoms with Gasteiger partial charge in [0.05, 0.1) is 30.1 Å². The van der Waals surface area contributed by atoms with Gasteiger partial charge in [0, 0.05) is 43.4 Å². The summed E-state index contributed by atoms with van der Waals surface area (Å²) in [5, 5.41) is 5.13. The fourth-order valence-corrected chi connectivity index (χ4v) is 3.65. The number of hydrogen-bond donors (Lipinski definition) is 0. The van der Waals surface area contributed by atoms with E-state index in [1.165, 1.54) is 12.3 Å². The van der Waals surface area contributed by atoms with Crippen molar-refractivity contribution < 1.29 is 13.6 Å². The summed E-state index contributed by atoms with van der Waals surface area (Å²) in [5.41, 5.74) is 3.08. The van der Waals surface area contributed by atoms with Gasteiger partial charge in [0.25, 0.3) is 11.8 Å². The number of halogens is 2. The molecule has 4 aromatic rings. The van der Waals surface area contributed by atoms with Gasteiger partial charge in [-0.05, 0) is 18.6 Å². The van der Waals surface area contributed by atoms with E-state index in [0.717, 1.165) is 15.8 Å². The van der Waals surface area contributed by atoms with Gasteiger partial charge in [-0.3, -0.25) is 14.5 Å². The maximum absolute atomic E-state index is 13.6. The van der Waals surface area contributed by atoms with E-state index in [-0.39, 0.29) is 18.5 Å². The molecule has 5 rings (SSSR count). The Morgan fingerprint density at radius 1 is 1.10 bits per heavy atom. The summed E-state index contributed by atoms with van der Waals surface area (Å²) in [4.78, 5) is 31.2. The summed E-state index contributed by atoms with van der Waals surface area (Å²) < 4.78 is 29.0. The van der Waals surface area contributed by atoms with Crippen LogP contribution in [0.1, 0.15) is 23.3 Å². The highest BCUT2D eigenvalue weighted by molar-refractivity contribution is 5.95. The van der Waals surface area contributed by atoms with Crippen molar-refractivity contribution in [1.82, 2.24) is 34.6 Å². The Bertz CT molecular complexity index is 1290. The molecule has 0 atom stereocenters. The zero-order chi connectivity index (χ0) is 20.9. The van der Waals surface area contributed by atoms with Crippen LogP contribution in [0.5, 0.6) is 0 Å². The van der Waals surface area contributed by atoms with Gasteiger partial charge < -0.3 is 4.90 Å². The van der Waals surface area contributed by atoms with Crippen molar-refractivity contribution in [3.8, 4) is 11.3 Å². The molecule has 0 spiro atoms. The monoisotopic (exact) mass is 409 g/mol. The van der Waals surface area contributed by atoms with Gasteiger partial charge in [-0.2, -0.15) is 5.10 Å². The summed E-state index contributed by atoms with van der Waals surface area (Å²) in [6.07, 6.45) is 6.64. The second-order valence-electron chi connectivity index (χ2n) is 7.44. The van der Waals surface area contributed by atoms with Crippen molar-refractivity contribution in [2.24, 2.45) is 7.05 Å². The summed E-state index contributed by atoms with van der Waals surface area (Å²) in [6.45, 7) is -0.289. The van der Waals surface area contributed by atoms with E-state index in [1.807, 2.05) is 19.3 Å². The van der Waals surface area contributed by atoms with E-state index in [1.54, 1.807) is 17.1 Å². The van der Waals surface area contributed by atoms with Gasteiger partial charge in [0.1, 0.15) is 11.2 Å². The first-order valence-electron chi connectivity index (χ1n) is 9.48. The number of pyridine rings is 2. The van der Waals surface area contributed by atoms with Crippen molar-refractivity contribution in [1.29, 1.82) is 0 Å². The van der Waals surface area contributed by atoms with Crippen molar-refractivity contribution in [3.63, 3.8) is 0 Å². The Hall–Kier alpha value is -3.56. The molecule has 1 fully saturated rings. The average Bonchev–Trinajstić information content (AvgIpc) is 3.11. The summed E-state index contributed by atoms with van der Waals surface area (Å²) >= 11 is 0. The molecule has 0 saturated carbocycles. The van der Waals surface area contributed by atoms with Gasteiger partial charge in [-0.15, -0.1) is 0 Å². The number of rotatable bonds is 2. The Labute approximate surface area is 169 Å². The normalized spacial score (nSPS) is 16.3. The topological polar surface area (TPSA) is 89.7 Å². The molecular formula is C20H17F2N7O. The lowest BCUT2D eigenvalue weighted by molar-refractivity contribution is -0.0561. The third-order valence-corrected chi connectivity index (χ3v) is 5.10. The predicted octanol–water partition coefficient (Wildman–Crippen LogP) is 2.84. The number of amides is 1. The molecule has 1 aliphatic heterocycles. The minimum Gasteiger partial charge on any atom is -0.331 e. The molecule has 8 nitrogen and oxygen atoms in total. The first-order valence-corrected chi connectivity index (χ1v) is 9.48. The average molecular weight is 409 g/mol. The van der Waals surface area contributed by atoms with E-state index >= 15 is 0 Å². The second kappa shape index (κ2) is 6.75. The molecule has 0 bridgehead atoms. The Morgan fingerprint density at radius 2 is 1.97 bits per heavy atom. The number of alkyl halides is 2. The van der Waals surface area contributed by atoms with Crippen LogP contribution in [0.4, 0.5) is 8.78 Å². The predicted molar refractivity (Wildman–Crippen MR) is 105 cm³/mol. The summed E-state index contributed by atoms with van der Waals surface area (Å²) in [7, 11) is 1.83. The van der Waals surface area contributed by atoms with Gasteiger partial charge >= 0.3 is 0 Å². The molecule has 4 aromatic heterocycles. The number of nitrogens with zero attached hydrogens (tertiary/aromatic N) is 7. The smallest absolute Gasteiger partial charge is 0.272 e. The second-order valence-corrected chi connectivity index (χ2v) is 7.44. The molecule has 152 valence electrons. The van der Waals surface area contributed by atoms with Crippen LogP contribution in [-0.4, -0.2) is 59.5 Å². The van der Waals surface area contributed by atoms with Crippen LogP contribution in [0.3, 0.4) is 0 Å². The van der Waals surface area contributed by atoms with Crippen molar-refractivity contribution in [2.75, 3.05) is 13.1 Å². The van der Waals surface area contributed by atoms with Crippen LogP contribution >= 0.6 is 0 Å². The molecular weight excluding hydrogens is 392 g/mol. The lowest BCUT2D eigenvalue weighted by Crippen LogP contribution is -2.45. The number of hydrogen-bond acceptors (Lipinski definition) is 6. The molecule has 1 amide bonds. The molecule has 1 aliphatic rings. The molecule has 0 N–H and O–H groups in total. The van der Waals surface area contributed by atoms with Crippen molar-refractivity contribution in [3.05, 3.63) is 42.6 Å². The standard InChI is InChI=1S/C20H17F2N7O/c1-28-10-13-5-12(7-25-18(13)27-28)16-8-23-14-6-15(24-9-17(14)26-16)19(30)29-4-2-3-20(21,22)11-29/h5-10H,2-4,11H2,1H3. The number of aromatic nitrogens is 6. The Balaban J connectivity index is 1.45. The number of likely N-dealkylation sites (tertiary alicyclic amines) is 1. The van der Waals surface area contributed by atoms with E-state index in [0.29, 0.717) is 28.9 Å². The number of fused-ring (bicyclic) bond motifs is 2. The van der Waals surface area contributed by atoms with Crippen LogP contribution in [0.15, 0.2) is 36.9 Å². The third kappa shape index (κ3) is 3.34. The van der Waals surface area contributed by atoms with Gasteiger partial charge in [0.15, 0.2) is 5.65 Å². The molecule has 0 radical (unpaired) electrons. The molecule has 10 heteroatoms. The van der Waals surface area contributed by atoms with E-state index in [2.05, 4.69) is 25.0 Å². The first-order chi connectivity index (χ1) is 14.4. The fraction of sp³-hybridized carbons (Fsp3) is 0.300. The fourth-order valence-electron chi connectivity index (χ4n) is 3.65. The Kier molecular flexibility index (Phi) is 4.16. The maximum Gasteiger partial charge on any atom is 0.272 e. The highest BCUT2D eigenvalue weighted by Crippen LogP contribution is 2.27. The highest BCUT2D eigenvalue weighted by Gasteiger charge is 2.37. The molecule has 0 aliphatic carbocycles. The molecule has 0 unspecified atom stereocenters. The van der Waals surface area contributed by atoms with Crippen molar-refractivity contribution in [2.45, 2.75) is 18.8 Å². The zero-order valence-electron chi connectivity index (χ0n) is 16.1. The van der Waals surface area contributed by atoms with Crippen LogP contribution in [0, 0.1) is 0 Å². The third-order valence-electron chi connectivity index (χ3n) is 5.10. The summed E-state index contributed by atoms with van der Waals surface area (Å²) in [5.74, 6) is -3.38. The maximum atomic E-state index is 13.6. The molecule has 30 heavy (non-hydrogen) atoms. The molecule has 5 heterocycles. The lowest BCUT2D eigenvalue weighted by Gasteiger charge is -2.32. The van der Waals surface area contributed by atoms with Gasteiger partial charge in [-0.1, -0.05) is 0 Å². The minimum atomic E-state index is -2.86. The number of carbonyl (C=O) groups excluding carboxylic acids is 1. The minimum absolute atomic E-state index is 0.0840. The van der Waals surface area contributed by atoms with Crippen LogP contribution in [0.25, 0.3) is 33.3 Å². The molecule has 0 aromatic carbocycles. The Morgan fingerprint density at radius 3 is 2.80 bits per heavy atom. The number of carbonyl (C=O) groups is 1. The SMILES string of the molecule is Cn1cc2cc(-c3cnc4cc(C(=O)N5CCCC(F)(F)C5)ncc4n3)cnc2n1. The van der Waals surface area contributed by atoms with Gasteiger partial charge in [0.2, 0.25) is 0 Å². The molecule has 1 saturated heterocycles. The lowest BCUT2D eigenvalue weighted by atomic mass is 10.1. The number of aryl methyl sites for hydroxylation is 1. The van der Waals surface area contributed by atoms with Crippen LogP contribution < -0.4 is 0 Å². The van der Waals surface area contributed by atoms with Gasteiger partial charge in [-0.25, -0.2) is 23.7 Å². The largest absolute Gasteiger partial charge is 0.331 e. The number of piperidine rings is 1. The van der Waals surface area contributed by atoms with E-state index in [4.69, 9.17) is 0 Å². The van der Waals surface area contributed by atoms with E-state index in [9.17, 15) is 13.6 Å². The highest BCUT2D eigenvalue weighted by atomic mass is 19.3. The van der Waals surface area contributed by atoms with Crippen molar-refractivity contribution >= 4 is 28.0 Å². The van der Waals surface area contributed by atoms with Crippen LogP contribution in [0.2, 0.25) is 0 Å². The van der Waals surface area contributed by atoms with Crippen LogP contribution in [-0.2, 0) is 7.05 Å². The quantitative estimate of drug-likeness (QED) is 0.506. The summed E-state index contributed by atoms with van der Waals surface area (Å²) in [6, 6.07) is 3.41. The zero-order valence-corrected chi connectivity index (χ0v) is 16.1.